The van der Waals surface area contributed by atoms with Crippen LogP contribution in [-0.2, 0) is 4.79 Å². The first-order valence-electron chi connectivity index (χ1n) is 6.50. The molecule has 2 aliphatic heterocycles. The number of alkyl halides is 3. The molecular weight excluding hydrogens is 307 g/mol. The van der Waals surface area contributed by atoms with E-state index in [1.54, 1.807) is 6.07 Å². The molecule has 10 heteroatoms. The minimum atomic E-state index is -5.08. The van der Waals surface area contributed by atoms with Crippen LogP contribution in [0.3, 0.4) is 0 Å². The summed E-state index contributed by atoms with van der Waals surface area (Å²) in [5.41, 5.74) is 0. The van der Waals surface area contributed by atoms with Gasteiger partial charge in [-0.2, -0.15) is 13.2 Å². The van der Waals surface area contributed by atoms with Gasteiger partial charge >= 0.3 is 12.1 Å². The Balaban J connectivity index is 0.000000217. The van der Waals surface area contributed by atoms with Crippen LogP contribution in [0.25, 0.3) is 0 Å². The molecule has 3 rings (SSSR count). The van der Waals surface area contributed by atoms with Crippen LogP contribution < -0.4 is 5.32 Å². The summed E-state index contributed by atoms with van der Waals surface area (Å²) >= 11 is 0. The van der Waals surface area contributed by atoms with Gasteiger partial charge in [-0.1, -0.05) is 5.16 Å². The first kappa shape index (κ1) is 16.3. The number of halogens is 3. The van der Waals surface area contributed by atoms with Crippen molar-refractivity contribution in [3.8, 4) is 0 Å². The molecule has 0 radical (unpaired) electrons. The zero-order valence-corrected chi connectivity index (χ0v) is 11.3. The number of carbonyl (C=O) groups excluding carboxylic acids is 1. The van der Waals surface area contributed by atoms with Crippen LogP contribution in [0.4, 0.5) is 13.2 Å². The van der Waals surface area contributed by atoms with E-state index in [2.05, 4.69) is 10.5 Å². The Labute approximate surface area is 123 Å². The van der Waals surface area contributed by atoms with Gasteiger partial charge in [0.1, 0.15) is 0 Å². The van der Waals surface area contributed by atoms with E-state index in [1.807, 2.05) is 4.90 Å². The van der Waals surface area contributed by atoms with Gasteiger partial charge in [0.15, 0.2) is 0 Å². The molecule has 122 valence electrons. The summed E-state index contributed by atoms with van der Waals surface area (Å²) in [6.45, 7) is 3.75. The largest absolute Gasteiger partial charge is 0.490 e. The third kappa shape index (κ3) is 3.75. The Morgan fingerprint density at radius 1 is 1.32 bits per heavy atom. The number of hydrogen-bond donors (Lipinski definition) is 2. The fourth-order valence-corrected chi connectivity index (χ4v) is 2.50. The molecule has 1 amide bonds. The number of carbonyl (C=O) groups is 2. The monoisotopic (exact) mass is 321 g/mol. The van der Waals surface area contributed by atoms with Crippen LogP contribution in [0, 0.1) is 11.8 Å². The van der Waals surface area contributed by atoms with Crippen LogP contribution in [-0.4, -0.2) is 59.4 Å². The van der Waals surface area contributed by atoms with E-state index < -0.39 is 12.1 Å². The van der Waals surface area contributed by atoms with Crippen LogP contribution in [0.15, 0.2) is 16.8 Å². The molecule has 1 aromatic rings. The molecule has 2 atom stereocenters. The second kappa shape index (κ2) is 6.34. The highest BCUT2D eigenvalue weighted by Crippen LogP contribution is 2.27. The number of carboxylic acid groups (broad SMARTS) is 1. The van der Waals surface area contributed by atoms with E-state index in [9.17, 15) is 18.0 Å². The van der Waals surface area contributed by atoms with Crippen LogP contribution in [0.1, 0.15) is 10.6 Å². The number of likely N-dealkylation sites (tertiary alicyclic amines) is 1. The number of rotatable bonds is 1. The molecule has 7 nitrogen and oxygen atoms in total. The lowest BCUT2D eigenvalue weighted by atomic mass is 10.0. The van der Waals surface area contributed by atoms with Crippen molar-refractivity contribution in [3.63, 3.8) is 0 Å². The summed E-state index contributed by atoms with van der Waals surface area (Å²) in [4.78, 5) is 22.7. The highest BCUT2D eigenvalue weighted by molar-refractivity contribution is 5.91. The van der Waals surface area contributed by atoms with Crippen molar-refractivity contribution >= 4 is 11.9 Å². The number of hydrogen-bond acceptors (Lipinski definition) is 5. The Hall–Kier alpha value is -2.10. The minimum Gasteiger partial charge on any atom is -0.475 e. The van der Waals surface area contributed by atoms with Crippen LogP contribution >= 0.6 is 0 Å². The van der Waals surface area contributed by atoms with Gasteiger partial charge in [0, 0.05) is 32.2 Å². The maximum atomic E-state index is 11.9. The highest BCUT2D eigenvalue weighted by Gasteiger charge is 2.39. The van der Waals surface area contributed by atoms with Crippen molar-refractivity contribution in [1.29, 1.82) is 0 Å². The molecule has 3 heterocycles. The maximum Gasteiger partial charge on any atom is 0.490 e. The van der Waals surface area contributed by atoms with Crippen molar-refractivity contribution < 1.29 is 32.4 Å². The number of aliphatic carboxylic acids is 1. The number of carboxylic acids is 1. The van der Waals surface area contributed by atoms with Gasteiger partial charge in [0.05, 0.1) is 6.20 Å². The SMILES string of the molecule is O=C(O)C(F)(F)F.O=C(c1ccno1)N1CC2CNCC2C1. The third-order valence-corrected chi connectivity index (χ3v) is 3.57. The number of amides is 1. The van der Waals surface area contributed by atoms with E-state index >= 15 is 0 Å². The number of fused-ring (bicyclic) bond motifs is 1. The number of nitrogens with one attached hydrogen (secondary N) is 1. The lowest BCUT2D eigenvalue weighted by molar-refractivity contribution is -0.192. The Morgan fingerprint density at radius 3 is 2.27 bits per heavy atom. The zero-order chi connectivity index (χ0) is 16.3. The molecule has 2 N–H and O–H groups in total. The Morgan fingerprint density at radius 2 is 1.86 bits per heavy atom. The quantitative estimate of drug-likeness (QED) is 0.786. The smallest absolute Gasteiger partial charge is 0.475 e. The van der Waals surface area contributed by atoms with Crippen LogP contribution in [0.2, 0.25) is 0 Å². The molecule has 0 bridgehead atoms. The van der Waals surface area contributed by atoms with E-state index in [-0.39, 0.29) is 5.91 Å². The molecule has 0 saturated carbocycles. The highest BCUT2D eigenvalue weighted by atomic mass is 19.4. The number of aromatic nitrogens is 1. The van der Waals surface area contributed by atoms with Gasteiger partial charge in [0.2, 0.25) is 5.76 Å². The van der Waals surface area contributed by atoms with E-state index in [1.165, 1.54) is 6.20 Å². The van der Waals surface area contributed by atoms with Gasteiger partial charge in [-0.05, 0) is 11.8 Å². The summed E-state index contributed by atoms with van der Waals surface area (Å²) in [7, 11) is 0. The molecule has 1 aromatic heterocycles. The van der Waals surface area contributed by atoms with E-state index in [4.69, 9.17) is 14.4 Å². The Bertz CT molecular complexity index is 520. The molecule has 2 saturated heterocycles. The normalized spacial score (nSPS) is 23.7. The summed E-state index contributed by atoms with van der Waals surface area (Å²) < 4.78 is 36.6. The average Bonchev–Trinajstić information content (AvgIpc) is 3.14. The average molecular weight is 321 g/mol. The summed E-state index contributed by atoms with van der Waals surface area (Å²) in [5, 5.41) is 14.0. The number of nitrogens with zero attached hydrogens (tertiary/aromatic N) is 2. The van der Waals surface area contributed by atoms with Gasteiger partial charge < -0.3 is 19.8 Å². The van der Waals surface area contributed by atoms with E-state index in [0.717, 1.165) is 26.2 Å². The van der Waals surface area contributed by atoms with E-state index in [0.29, 0.717) is 17.6 Å². The molecule has 2 aliphatic rings. The molecule has 0 spiro atoms. The fraction of sp³-hybridized carbons (Fsp3) is 0.583. The lowest BCUT2D eigenvalue weighted by Crippen LogP contribution is -2.31. The first-order valence-corrected chi connectivity index (χ1v) is 6.50. The summed E-state index contributed by atoms with van der Waals surface area (Å²) in [6.07, 6.45) is -3.58. The molecule has 2 fully saturated rings. The first-order chi connectivity index (χ1) is 10.3. The van der Waals surface area contributed by atoms with Crippen LogP contribution in [0.5, 0.6) is 0 Å². The molecular formula is C12H14F3N3O4. The second-order valence-electron chi connectivity index (χ2n) is 5.07. The van der Waals surface area contributed by atoms with Crippen molar-refractivity contribution in [2.24, 2.45) is 11.8 Å². The Kier molecular flexibility index (Phi) is 4.69. The van der Waals surface area contributed by atoms with Crippen molar-refractivity contribution in [3.05, 3.63) is 18.0 Å². The van der Waals surface area contributed by atoms with Gasteiger partial charge in [-0.15, -0.1) is 0 Å². The second-order valence-corrected chi connectivity index (χ2v) is 5.07. The standard InChI is InChI=1S/C10H13N3O2.C2HF3O2/c14-10(9-1-2-12-15-9)13-5-7-3-11-4-8(7)6-13;3-2(4,5)1(6)7/h1-2,7-8,11H,3-6H2;(H,6,7). The van der Waals surface area contributed by atoms with Gasteiger partial charge in [-0.3, -0.25) is 4.79 Å². The minimum absolute atomic E-state index is 0.0260. The topological polar surface area (TPSA) is 95.7 Å². The van der Waals surface area contributed by atoms with Crippen molar-refractivity contribution in [2.45, 2.75) is 6.18 Å². The predicted molar refractivity (Wildman–Crippen MR) is 65.9 cm³/mol. The van der Waals surface area contributed by atoms with Crippen molar-refractivity contribution in [2.75, 3.05) is 26.2 Å². The van der Waals surface area contributed by atoms with Gasteiger partial charge in [-0.25, -0.2) is 4.79 Å². The fourth-order valence-electron chi connectivity index (χ4n) is 2.50. The summed E-state index contributed by atoms with van der Waals surface area (Å²) in [6, 6.07) is 1.62. The maximum absolute atomic E-state index is 11.9. The third-order valence-electron chi connectivity index (χ3n) is 3.57. The molecule has 2 unspecified atom stereocenters. The zero-order valence-electron chi connectivity index (χ0n) is 11.3. The van der Waals surface area contributed by atoms with Crippen molar-refractivity contribution in [1.82, 2.24) is 15.4 Å². The molecule has 22 heavy (non-hydrogen) atoms. The predicted octanol–water partition coefficient (Wildman–Crippen LogP) is 0.599. The molecule has 0 aromatic carbocycles. The molecule has 0 aliphatic carbocycles. The lowest BCUT2D eigenvalue weighted by Gasteiger charge is -2.15. The summed E-state index contributed by atoms with van der Waals surface area (Å²) in [5.74, 6) is -1.19. The van der Waals surface area contributed by atoms with Gasteiger partial charge in [0.25, 0.3) is 5.91 Å².